The summed E-state index contributed by atoms with van der Waals surface area (Å²) in [6.07, 6.45) is 2.88. The molecule has 0 saturated carbocycles. The molecule has 0 fully saturated rings. The number of sulfonamides is 1. The largest absolute Gasteiger partial charge is 0.316 e. The summed E-state index contributed by atoms with van der Waals surface area (Å²) in [5.74, 6) is 0.0399. The lowest BCUT2D eigenvalue weighted by molar-refractivity contribution is 0.578. The van der Waals surface area contributed by atoms with Crippen molar-refractivity contribution >= 4 is 21.8 Å². The minimum Gasteiger partial charge on any atom is -0.316 e. The molecule has 1 rings (SSSR count). The zero-order chi connectivity index (χ0) is 15.0. The van der Waals surface area contributed by atoms with E-state index in [1.807, 2.05) is 37.6 Å². The highest BCUT2D eigenvalue weighted by molar-refractivity contribution is 7.99. The average molecular weight is 316 g/mol. The van der Waals surface area contributed by atoms with Crippen molar-refractivity contribution in [3.63, 3.8) is 0 Å². The Morgan fingerprint density at radius 2 is 2.00 bits per heavy atom. The minimum atomic E-state index is -3.25. The van der Waals surface area contributed by atoms with Gasteiger partial charge >= 0.3 is 0 Å². The second-order valence-corrected chi connectivity index (χ2v) is 7.92. The predicted octanol–water partition coefficient (Wildman–Crippen LogP) is 1.97. The SMILES string of the molecule is CNCc1cccc(CS(=O)(=O)NCCC(C)SC)c1. The van der Waals surface area contributed by atoms with E-state index in [2.05, 4.69) is 17.0 Å². The molecule has 0 radical (unpaired) electrons. The molecule has 0 aromatic heterocycles. The maximum absolute atomic E-state index is 12.0. The van der Waals surface area contributed by atoms with Gasteiger partial charge in [0.1, 0.15) is 0 Å². The van der Waals surface area contributed by atoms with Gasteiger partial charge in [-0.2, -0.15) is 11.8 Å². The van der Waals surface area contributed by atoms with Crippen LogP contribution in [0.1, 0.15) is 24.5 Å². The lowest BCUT2D eigenvalue weighted by Crippen LogP contribution is -2.27. The number of nitrogens with one attached hydrogen (secondary N) is 2. The van der Waals surface area contributed by atoms with Gasteiger partial charge < -0.3 is 5.32 Å². The fourth-order valence-electron chi connectivity index (χ4n) is 1.84. The lowest BCUT2D eigenvalue weighted by atomic mass is 10.1. The fourth-order valence-corrected chi connectivity index (χ4v) is 3.34. The molecule has 0 bridgehead atoms. The highest BCUT2D eigenvalue weighted by Crippen LogP contribution is 2.10. The average Bonchev–Trinajstić information content (AvgIpc) is 2.38. The first-order valence-corrected chi connectivity index (χ1v) is 9.63. The van der Waals surface area contributed by atoms with Gasteiger partial charge in [-0.1, -0.05) is 31.2 Å². The lowest BCUT2D eigenvalue weighted by Gasteiger charge is -2.10. The van der Waals surface area contributed by atoms with Crippen LogP contribution in [0.15, 0.2) is 24.3 Å². The Kier molecular flexibility index (Phi) is 7.58. The van der Waals surface area contributed by atoms with Crippen molar-refractivity contribution in [2.45, 2.75) is 30.9 Å². The van der Waals surface area contributed by atoms with Gasteiger partial charge in [0.05, 0.1) is 5.75 Å². The van der Waals surface area contributed by atoms with Gasteiger partial charge in [-0.05, 0) is 30.9 Å². The molecule has 1 aromatic rings. The van der Waals surface area contributed by atoms with E-state index in [0.717, 1.165) is 24.1 Å². The molecule has 20 heavy (non-hydrogen) atoms. The molecule has 0 aliphatic heterocycles. The Hall–Kier alpha value is -0.560. The maximum atomic E-state index is 12.0. The van der Waals surface area contributed by atoms with Gasteiger partial charge in [0.15, 0.2) is 0 Å². The molecule has 114 valence electrons. The molecule has 0 spiro atoms. The van der Waals surface area contributed by atoms with Crippen LogP contribution in [0.25, 0.3) is 0 Å². The van der Waals surface area contributed by atoms with Gasteiger partial charge in [0.25, 0.3) is 0 Å². The summed E-state index contributed by atoms with van der Waals surface area (Å²) in [5, 5.41) is 3.53. The van der Waals surface area contributed by atoms with E-state index >= 15 is 0 Å². The van der Waals surface area contributed by atoms with Crippen LogP contribution in [-0.2, 0) is 22.3 Å². The maximum Gasteiger partial charge on any atom is 0.215 e. The van der Waals surface area contributed by atoms with E-state index in [1.165, 1.54) is 0 Å². The first kappa shape index (κ1) is 17.5. The van der Waals surface area contributed by atoms with E-state index in [9.17, 15) is 8.42 Å². The van der Waals surface area contributed by atoms with Crippen molar-refractivity contribution in [1.29, 1.82) is 0 Å². The van der Waals surface area contributed by atoms with Crippen molar-refractivity contribution in [3.8, 4) is 0 Å². The molecule has 0 amide bonds. The Morgan fingerprint density at radius 3 is 2.65 bits per heavy atom. The fraction of sp³-hybridized carbons (Fsp3) is 0.571. The second kappa shape index (κ2) is 8.67. The van der Waals surface area contributed by atoms with Gasteiger partial charge in [0, 0.05) is 18.3 Å². The topological polar surface area (TPSA) is 58.2 Å². The molecular weight excluding hydrogens is 292 g/mol. The van der Waals surface area contributed by atoms with Crippen molar-refractivity contribution in [1.82, 2.24) is 10.0 Å². The van der Waals surface area contributed by atoms with Crippen LogP contribution in [0.3, 0.4) is 0 Å². The summed E-state index contributed by atoms with van der Waals surface area (Å²) in [6, 6.07) is 7.66. The van der Waals surface area contributed by atoms with Crippen LogP contribution >= 0.6 is 11.8 Å². The van der Waals surface area contributed by atoms with Crippen molar-refractivity contribution < 1.29 is 8.42 Å². The van der Waals surface area contributed by atoms with Crippen molar-refractivity contribution in [2.75, 3.05) is 19.8 Å². The summed E-state index contributed by atoms with van der Waals surface area (Å²) in [4.78, 5) is 0. The van der Waals surface area contributed by atoms with Gasteiger partial charge in [-0.3, -0.25) is 0 Å². The number of hydrogen-bond donors (Lipinski definition) is 2. The monoisotopic (exact) mass is 316 g/mol. The van der Waals surface area contributed by atoms with E-state index in [4.69, 9.17) is 0 Å². The third kappa shape index (κ3) is 6.74. The highest BCUT2D eigenvalue weighted by Gasteiger charge is 2.12. The van der Waals surface area contributed by atoms with Gasteiger partial charge in [0.2, 0.25) is 10.0 Å². The third-order valence-corrected chi connectivity index (χ3v) is 5.40. The van der Waals surface area contributed by atoms with E-state index in [-0.39, 0.29) is 5.75 Å². The smallest absolute Gasteiger partial charge is 0.215 e. The number of rotatable bonds is 9. The third-order valence-electron chi connectivity index (χ3n) is 3.00. The zero-order valence-corrected chi connectivity index (χ0v) is 14.0. The second-order valence-electron chi connectivity index (χ2n) is 4.84. The Morgan fingerprint density at radius 1 is 1.30 bits per heavy atom. The van der Waals surface area contributed by atoms with E-state index in [1.54, 1.807) is 11.8 Å². The van der Waals surface area contributed by atoms with Crippen LogP contribution < -0.4 is 10.0 Å². The number of thioether (sulfide) groups is 1. The van der Waals surface area contributed by atoms with Crippen LogP contribution in [-0.4, -0.2) is 33.5 Å². The van der Waals surface area contributed by atoms with Crippen LogP contribution in [0, 0.1) is 0 Å². The molecule has 4 nitrogen and oxygen atoms in total. The van der Waals surface area contributed by atoms with Gasteiger partial charge in [-0.25, -0.2) is 13.1 Å². The molecule has 0 aliphatic carbocycles. The van der Waals surface area contributed by atoms with Gasteiger partial charge in [-0.15, -0.1) is 0 Å². The molecule has 6 heteroatoms. The highest BCUT2D eigenvalue weighted by atomic mass is 32.2. The predicted molar refractivity (Wildman–Crippen MR) is 87.4 cm³/mol. The summed E-state index contributed by atoms with van der Waals surface area (Å²) >= 11 is 1.74. The Bertz CT molecular complexity index is 504. The molecule has 1 aromatic carbocycles. The molecule has 1 atom stereocenters. The van der Waals surface area contributed by atoms with Crippen molar-refractivity contribution in [3.05, 3.63) is 35.4 Å². The van der Waals surface area contributed by atoms with Crippen LogP contribution in [0.2, 0.25) is 0 Å². The summed E-state index contributed by atoms with van der Waals surface area (Å²) in [6.45, 7) is 3.34. The summed E-state index contributed by atoms with van der Waals surface area (Å²) < 4.78 is 26.7. The van der Waals surface area contributed by atoms with Crippen LogP contribution in [0.5, 0.6) is 0 Å². The summed E-state index contributed by atoms with van der Waals surface area (Å²) in [5.41, 5.74) is 1.92. The molecule has 0 heterocycles. The first-order chi connectivity index (χ1) is 9.46. The molecule has 0 aliphatic rings. The van der Waals surface area contributed by atoms with Crippen LogP contribution in [0.4, 0.5) is 0 Å². The normalized spacial score (nSPS) is 13.3. The molecule has 1 unspecified atom stereocenters. The Labute approximate surface area is 126 Å². The standard InChI is InChI=1S/C14H24N2O2S2/c1-12(19-3)7-8-16-20(17,18)11-14-6-4-5-13(9-14)10-15-2/h4-6,9,12,15-16H,7-8,10-11H2,1-3H3. The van der Waals surface area contributed by atoms with E-state index in [0.29, 0.717) is 11.8 Å². The zero-order valence-electron chi connectivity index (χ0n) is 12.3. The summed E-state index contributed by atoms with van der Waals surface area (Å²) in [7, 11) is -1.38. The quantitative estimate of drug-likeness (QED) is 0.731. The van der Waals surface area contributed by atoms with Crippen molar-refractivity contribution in [2.24, 2.45) is 0 Å². The first-order valence-electron chi connectivity index (χ1n) is 6.69. The number of hydrogen-bond acceptors (Lipinski definition) is 4. The molecule has 2 N–H and O–H groups in total. The molecular formula is C14H24N2O2S2. The number of benzene rings is 1. The Balaban J connectivity index is 2.55. The molecule has 0 saturated heterocycles. The minimum absolute atomic E-state index is 0.0399. The van der Waals surface area contributed by atoms with E-state index < -0.39 is 10.0 Å².